The molecule has 0 aliphatic heterocycles. The second-order valence-corrected chi connectivity index (χ2v) is 3.02. The first-order valence-electron chi connectivity index (χ1n) is 4.16. The van der Waals surface area contributed by atoms with Gasteiger partial charge in [-0.25, -0.2) is 10.8 Å². The van der Waals surface area contributed by atoms with Crippen LogP contribution in [0.25, 0.3) is 11.0 Å². The van der Waals surface area contributed by atoms with E-state index in [0.29, 0.717) is 16.9 Å². The fourth-order valence-corrected chi connectivity index (χ4v) is 1.24. The average molecular weight is 190 g/mol. The maximum absolute atomic E-state index is 11.5. The second kappa shape index (κ2) is 3.12. The molecule has 0 saturated heterocycles. The number of hydrogen-bond donors (Lipinski definition) is 1. The Balaban J connectivity index is 2.72. The molecule has 0 radical (unpaired) electrons. The lowest BCUT2D eigenvalue weighted by atomic mass is 10.3. The van der Waals surface area contributed by atoms with Crippen molar-refractivity contribution in [1.29, 1.82) is 0 Å². The van der Waals surface area contributed by atoms with Crippen LogP contribution >= 0.6 is 0 Å². The van der Waals surface area contributed by atoms with Gasteiger partial charge in [-0.05, 0) is 6.07 Å². The third-order valence-electron chi connectivity index (χ3n) is 1.95. The van der Waals surface area contributed by atoms with Crippen LogP contribution in [-0.2, 0) is 0 Å². The fraction of sp³-hybridized carbons (Fsp3) is 0.111. The third-order valence-corrected chi connectivity index (χ3v) is 1.95. The highest BCUT2D eigenvalue weighted by Crippen LogP contribution is 2.10. The standard InChI is InChI=1S/C9H10N4O/c1-12(10)9-6-13(14)8-5-3-2-4-7(8)11-9/h2-6H,10H2,1H3. The minimum Gasteiger partial charge on any atom is -0.618 e. The molecule has 2 N–H and O–H groups in total. The summed E-state index contributed by atoms with van der Waals surface area (Å²) in [4.78, 5) is 4.22. The zero-order valence-corrected chi connectivity index (χ0v) is 7.71. The summed E-state index contributed by atoms with van der Waals surface area (Å²) in [6.45, 7) is 0. The van der Waals surface area contributed by atoms with Crippen molar-refractivity contribution in [3.05, 3.63) is 35.7 Å². The van der Waals surface area contributed by atoms with E-state index in [-0.39, 0.29) is 0 Å². The molecule has 2 aromatic rings. The van der Waals surface area contributed by atoms with Crippen molar-refractivity contribution in [2.45, 2.75) is 0 Å². The predicted octanol–water partition coefficient (Wildman–Crippen LogP) is 0.178. The van der Waals surface area contributed by atoms with Gasteiger partial charge in [0.2, 0.25) is 17.5 Å². The van der Waals surface area contributed by atoms with Crippen LogP contribution in [0, 0.1) is 5.21 Å². The van der Waals surface area contributed by atoms with Gasteiger partial charge in [-0.3, -0.25) is 5.01 Å². The van der Waals surface area contributed by atoms with Crippen LogP contribution < -0.4 is 15.6 Å². The van der Waals surface area contributed by atoms with E-state index >= 15 is 0 Å². The molecule has 14 heavy (non-hydrogen) atoms. The van der Waals surface area contributed by atoms with E-state index in [1.54, 1.807) is 25.2 Å². The zero-order valence-electron chi connectivity index (χ0n) is 7.71. The summed E-state index contributed by atoms with van der Waals surface area (Å²) in [6, 6.07) is 7.12. The summed E-state index contributed by atoms with van der Waals surface area (Å²) in [5, 5.41) is 12.8. The Morgan fingerprint density at radius 3 is 2.86 bits per heavy atom. The first kappa shape index (κ1) is 8.71. The first-order chi connectivity index (χ1) is 6.68. The minimum absolute atomic E-state index is 0.443. The number of rotatable bonds is 1. The van der Waals surface area contributed by atoms with Crippen LogP contribution in [0.1, 0.15) is 0 Å². The van der Waals surface area contributed by atoms with E-state index in [0.717, 1.165) is 4.73 Å². The molecule has 0 fully saturated rings. The van der Waals surface area contributed by atoms with Gasteiger partial charge in [0.15, 0.2) is 0 Å². The molecule has 1 heterocycles. The van der Waals surface area contributed by atoms with Crippen molar-refractivity contribution in [2.75, 3.05) is 12.1 Å². The van der Waals surface area contributed by atoms with Gasteiger partial charge >= 0.3 is 0 Å². The quantitative estimate of drug-likeness (QED) is 0.301. The summed E-state index contributed by atoms with van der Waals surface area (Å²) < 4.78 is 0.765. The normalized spacial score (nSPS) is 10.4. The molecule has 0 saturated carbocycles. The van der Waals surface area contributed by atoms with E-state index in [4.69, 9.17) is 5.84 Å². The molecule has 72 valence electrons. The summed E-state index contributed by atoms with van der Waals surface area (Å²) in [5.41, 5.74) is 1.18. The van der Waals surface area contributed by atoms with Crippen LogP contribution in [-0.4, -0.2) is 12.0 Å². The first-order valence-corrected chi connectivity index (χ1v) is 4.16. The monoisotopic (exact) mass is 190 g/mol. The number of nitrogens with zero attached hydrogens (tertiary/aromatic N) is 3. The number of anilines is 1. The summed E-state index contributed by atoms with van der Waals surface area (Å²) in [6.07, 6.45) is 1.35. The largest absolute Gasteiger partial charge is 0.618 e. The summed E-state index contributed by atoms with van der Waals surface area (Å²) >= 11 is 0. The number of hydrogen-bond acceptors (Lipinski definition) is 4. The van der Waals surface area contributed by atoms with Crippen LogP contribution in [0.3, 0.4) is 0 Å². The SMILES string of the molecule is CN(N)c1c[n+]([O-])c2ccccc2n1. The Hall–Kier alpha value is -1.88. The predicted molar refractivity (Wildman–Crippen MR) is 53.3 cm³/mol. The molecular formula is C9H10N4O. The molecule has 2 rings (SSSR count). The van der Waals surface area contributed by atoms with Crippen LogP contribution in [0.15, 0.2) is 30.5 Å². The number of hydrazine groups is 1. The van der Waals surface area contributed by atoms with E-state index in [9.17, 15) is 5.21 Å². The second-order valence-electron chi connectivity index (χ2n) is 3.02. The number of fused-ring (bicyclic) bond motifs is 1. The van der Waals surface area contributed by atoms with Crippen molar-refractivity contribution in [3.8, 4) is 0 Å². The van der Waals surface area contributed by atoms with E-state index < -0.39 is 0 Å². The van der Waals surface area contributed by atoms with Crippen LogP contribution in [0.2, 0.25) is 0 Å². The fourth-order valence-electron chi connectivity index (χ4n) is 1.24. The lowest BCUT2D eigenvalue weighted by Gasteiger charge is -2.10. The van der Waals surface area contributed by atoms with Gasteiger partial charge in [-0.1, -0.05) is 12.1 Å². The Morgan fingerprint density at radius 2 is 2.14 bits per heavy atom. The molecule has 0 spiro atoms. The van der Waals surface area contributed by atoms with Gasteiger partial charge < -0.3 is 5.21 Å². The summed E-state index contributed by atoms with van der Waals surface area (Å²) in [7, 11) is 1.64. The van der Waals surface area contributed by atoms with Gasteiger partial charge in [-0.15, -0.1) is 0 Å². The zero-order chi connectivity index (χ0) is 10.1. The Labute approximate surface area is 80.9 Å². The number of aromatic nitrogens is 2. The number of benzene rings is 1. The lowest BCUT2D eigenvalue weighted by Crippen LogP contribution is -2.33. The number of nitrogens with two attached hydrogens (primary N) is 1. The van der Waals surface area contributed by atoms with Crippen molar-refractivity contribution in [3.63, 3.8) is 0 Å². The topological polar surface area (TPSA) is 69.1 Å². The molecule has 5 nitrogen and oxygen atoms in total. The van der Waals surface area contributed by atoms with E-state index in [1.807, 2.05) is 6.07 Å². The molecule has 0 bridgehead atoms. The molecule has 1 aromatic heterocycles. The highest BCUT2D eigenvalue weighted by Gasteiger charge is 2.08. The molecule has 0 unspecified atom stereocenters. The van der Waals surface area contributed by atoms with Crippen molar-refractivity contribution >= 4 is 16.9 Å². The minimum atomic E-state index is 0.443. The maximum atomic E-state index is 11.5. The van der Waals surface area contributed by atoms with Crippen molar-refractivity contribution < 1.29 is 4.73 Å². The van der Waals surface area contributed by atoms with Crippen LogP contribution in [0.4, 0.5) is 5.82 Å². The molecule has 0 atom stereocenters. The molecular weight excluding hydrogens is 180 g/mol. The molecule has 0 aliphatic rings. The van der Waals surface area contributed by atoms with Crippen LogP contribution in [0.5, 0.6) is 0 Å². The smallest absolute Gasteiger partial charge is 0.242 e. The van der Waals surface area contributed by atoms with E-state index in [1.165, 1.54) is 11.2 Å². The van der Waals surface area contributed by atoms with Crippen molar-refractivity contribution in [2.24, 2.45) is 5.84 Å². The molecule has 1 aromatic carbocycles. The maximum Gasteiger partial charge on any atom is 0.242 e. The lowest BCUT2D eigenvalue weighted by molar-refractivity contribution is -0.576. The highest BCUT2D eigenvalue weighted by molar-refractivity contribution is 5.72. The Kier molecular flexibility index (Phi) is 1.94. The molecule has 0 aliphatic carbocycles. The van der Waals surface area contributed by atoms with Crippen molar-refractivity contribution in [1.82, 2.24) is 4.98 Å². The summed E-state index contributed by atoms with van der Waals surface area (Å²) in [5.74, 6) is 5.94. The van der Waals surface area contributed by atoms with E-state index in [2.05, 4.69) is 4.98 Å². The van der Waals surface area contributed by atoms with Gasteiger partial charge in [-0.2, -0.15) is 4.73 Å². The van der Waals surface area contributed by atoms with Gasteiger partial charge in [0, 0.05) is 13.1 Å². The Bertz CT molecular complexity index is 469. The van der Waals surface area contributed by atoms with Gasteiger partial charge in [0.25, 0.3) is 0 Å². The van der Waals surface area contributed by atoms with Gasteiger partial charge in [0.1, 0.15) is 5.52 Å². The average Bonchev–Trinajstić information content (AvgIpc) is 2.17. The Morgan fingerprint density at radius 1 is 1.43 bits per heavy atom. The third kappa shape index (κ3) is 1.33. The molecule has 0 amide bonds. The number of para-hydroxylation sites is 2. The molecule has 5 heteroatoms. The highest BCUT2D eigenvalue weighted by atomic mass is 16.5. The van der Waals surface area contributed by atoms with Gasteiger partial charge in [0.05, 0.1) is 0 Å².